The lowest BCUT2D eigenvalue weighted by molar-refractivity contribution is -0.112. The molecule has 0 saturated heterocycles. The first-order chi connectivity index (χ1) is 13.2. The molecule has 1 heterocycles. The van der Waals surface area contributed by atoms with E-state index < -0.39 is 6.29 Å². The van der Waals surface area contributed by atoms with Crippen LogP contribution in [0.3, 0.4) is 0 Å². The minimum Gasteiger partial charge on any atom is -0.487 e. The number of benzene rings is 3. The second kappa shape index (κ2) is 7.48. The Kier molecular flexibility index (Phi) is 4.73. The summed E-state index contributed by atoms with van der Waals surface area (Å²) in [5.41, 5.74) is 2.51. The SMILES string of the molecule is N#Cc1ccccc1OCc1cc(F)cc2c1O[C@@H](c1ccccc1)OC2. The Balaban J connectivity index is 1.61. The molecule has 27 heavy (non-hydrogen) atoms. The van der Waals surface area contributed by atoms with E-state index in [0.717, 1.165) is 5.56 Å². The summed E-state index contributed by atoms with van der Waals surface area (Å²) in [6, 6.07) is 21.4. The van der Waals surface area contributed by atoms with Crippen LogP contribution in [0.5, 0.6) is 11.5 Å². The van der Waals surface area contributed by atoms with Crippen molar-refractivity contribution in [1.29, 1.82) is 5.26 Å². The van der Waals surface area contributed by atoms with Gasteiger partial charge in [-0.3, -0.25) is 0 Å². The number of fused-ring (bicyclic) bond motifs is 1. The molecule has 0 amide bonds. The van der Waals surface area contributed by atoms with Gasteiger partial charge in [0.25, 0.3) is 0 Å². The second-order valence-corrected chi connectivity index (χ2v) is 6.12. The highest BCUT2D eigenvalue weighted by Gasteiger charge is 2.25. The van der Waals surface area contributed by atoms with Crippen LogP contribution in [0, 0.1) is 17.1 Å². The minimum absolute atomic E-state index is 0.0836. The van der Waals surface area contributed by atoms with Crippen molar-refractivity contribution in [2.24, 2.45) is 0 Å². The normalized spacial score (nSPS) is 15.3. The Morgan fingerprint density at radius 2 is 1.85 bits per heavy atom. The highest BCUT2D eigenvalue weighted by atomic mass is 19.1. The van der Waals surface area contributed by atoms with Crippen molar-refractivity contribution in [1.82, 2.24) is 0 Å². The van der Waals surface area contributed by atoms with Crippen molar-refractivity contribution >= 4 is 0 Å². The molecule has 4 nitrogen and oxygen atoms in total. The van der Waals surface area contributed by atoms with Gasteiger partial charge in [0.2, 0.25) is 6.29 Å². The summed E-state index contributed by atoms with van der Waals surface area (Å²) in [7, 11) is 0. The predicted molar refractivity (Wildman–Crippen MR) is 96.5 cm³/mol. The quantitative estimate of drug-likeness (QED) is 0.664. The molecule has 0 fully saturated rings. The number of rotatable bonds is 4. The Labute approximate surface area is 156 Å². The van der Waals surface area contributed by atoms with Crippen molar-refractivity contribution in [3.05, 3.63) is 94.8 Å². The van der Waals surface area contributed by atoms with Gasteiger partial charge in [0.05, 0.1) is 12.2 Å². The maximum absolute atomic E-state index is 14.0. The van der Waals surface area contributed by atoms with Crippen LogP contribution in [0.1, 0.15) is 28.5 Å². The summed E-state index contributed by atoms with van der Waals surface area (Å²) < 4.78 is 31.5. The third kappa shape index (κ3) is 3.62. The van der Waals surface area contributed by atoms with Gasteiger partial charge in [0, 0.05) is 16.7 Å². The molecule has 0 aliphatic carbocycles. The average Bonchev–Trinajstić information content (AvgIpc) is 2.72. The van der Waals surface area contributed by atoms with Crippen LogP contribution in [-0.4, -0.2) is 0 Å². The van der Waals surface area contributed by atoms with E-state index in [4.69, 9.17) is 14.2 Å². The molecule has 1 atom stereocenters. The van der Waals surface area contributed by atoms with Crippen LogP contribution in [-0.2, 0) is 18.0 Å². The fraction of sp³-hybridized carbons (Fsp3) is 0.136. The number of para-hydroxylation sites is 1. The van der Waals surface area contributed by atoms with E-state index in [0.29, 0.717) is 28.2 Å². The first kappa shape index (κ1) is 17.1. The number of halogens is 1. The molecule has 5 heteroatoms. The molecule has 0 radical (unpaired) electrons. The van der Waals surface area contributed by atoms with Crippen LogP contribution in [0.25, 0.3) is 0 Å². The molecule has 0 unspecified atom stereocenters. The zero-order chi connectivity index (χ0) is 18.6. The smallest absolute Gasteiger partial charge is 0.227 e. The third-order valence-electron chi connectivity index (χ3n) is 4.29. The van der Waals surface area contributed by atoms with Crippen LogP contribution >= 0.6 is 0 Å². The molecular weight excluding hydrogens is 345 g/mol. The third-order valence-corrected chi connectivity index (χ3v) is 4.29. The molecule has 0 N–H and O–H groups in total. The van der Waals surface area contributed by atoms with Gasteiger partial charge < -0.3 is 14.2 Å². The van der Waals surface area contributed by atoms with E-state index in [2.05, 4.69) is 6.07 Å². The summed E-state index contributed by atoms with van der Waals surface area (Å²) in [4.78, 5) is 0. The molecule has 0 bridgehead atoms. The highest BCUT2D eigenvalue weighted by Crippen LogP contribution is 2.37. The van der Waals surface area contributed by atoms with Crippen molar-refractivity contribution in [3.63, 3.8) is 0 Å². The van der Waals surface area contributed by atoms with Crippen LogP contribution in [0.4, 0.5) is 4.39 Å². The van der Waals surface area contributed by atoms with E-state index >= 15 is 0 Å². The van der Waals surface area contributed by atoms with E-state index in [1.807, 2.05) is 30.3 Å². The molecule has 1 aliphatic heterocycles. The van der Waals surface area contributed by atoms with E-state index in [1.54, 1.807) is 24.3 Å². The molecule has 134 valence electrons. The van der Waals surface area contributed by atoms with Gasteiger partial charge in [-0.1, -0.05) is 42.5 Å². The molecule has 0 spiro atoms. The fourth-order valence-corrected chi connectivity index (χ4v) is 3.00. The number of nitrogens with zero attached hydrogens (tertiary/aromatic N) is 1. The number of nitriles is 1. The van der Waals surface area contributed by atoms with Gasteiger partial charge in [0.15, 0.2) is 0 Å². The van der Waals surface area contributed by atoms with E-state index in [1.165, 1.54) is 12.1 Å². The Bertz CT molecular complexity index is 998. The summed E-state index contributed by atoms with van der Waals surface area (Å²) in [5.74, 6) is 0.627. The van der Waals surface area contributed by atoms with E-state index in [-0.39, 0.29) is 19.0 Å². The molecule has 0 saturated carbocycles. The molecule has 3 aromatic rings. The van der Waals surface area contributed by atoms with Gasteiger partial charge >= 0.3 is 0 Å². The van der Waals surface area contributed by atoms with Crippen LogP contribution in [0.2, 0.25) is 0 Å². The maximum Gasteiger partial charge on any atom is 0.227 e. The fourth-order valence-electron chi connectivity index (χ4n) is 3.00. The number of hydrogen-bond donors (Lipinski definition) is 0. The Morgan fingerprint density at radius 1 is 1.07 bits per heavy atom. The van der Waals surface area contributed by atoms with Crippen LogP contribution in [0.15, 0.2) is 66.7 Å². The zero-order valence-corrected chi connectivity index (χ0v) is 14.4. The van der Waals surface area contributed by atoms with Crippen molar-refractivity contribution < 1.29 is 18.6 Å². The highest BCUT2D eigenvalue weighted by molar-refractivity contribution is 5.45. The van der Waals surface area contributed by atoms with Gasteiger partial charge in [0.1, 0.15) is 30.0 Å². The minimum atomic E-state index is -0.561. The van der Waals surface area contributed by atoms with Crippen molar-refractivity contribution in [2.75, 3.05) is 0 Å². The van der Waals surface area contributed by atoms with Gasteiger partial charge in [-0.25, -0.2) is 4.39 Å². The summed E-state index contributed by atoms with van der Waals surface area (Å²) in [6.45, 7) is 0.328. The molecule has 4 rings (SSSR count). The summed E-state index contributed by atoms with van der Waals surface area (Å²) in [6.07, 6.45) is -0.561. The lowest BCUT2D eigenvalue weighted by atomic mass is 10.1. The number of hydrogen-bond acceptors (Lipinski definition) is 4. The monoisotopic (exact) mass is 361 g/mol. The van der Waals surface area contributed by atoms with Crippen molar-refractivity contribution in [3.8, 4) is 17.6 Å². The average molecular weight is 361 g/mol. The molecule has 0 aromatic heterocycles. The molecular formula is C22H16FNO3. The molecule has 3 aromatic carbocycles. The standard InChI is InChI=1S/C22H16FNO3/c23-19-10-17(13-25-20-9-5-4-8-16(20)12-24)21-18(11-19)14-26-22(27-21)15-6-2-1-3-7-15/h1-11,22H,13-14H2/t22-/m0/s1. The van der Waals surface area contributed by atoms with Crippen LogP contribution < -0.4 is 9.47 Å². The first-order valence-corrected chi connectivity index (χ1v) is 8.51. The van der Waals surface area contributed by atoms with Gasteiger partial charge in [-0.05, 0) is 24.3 Å². The Morgan fingerprint density at radius 3 is 2.67 bits per heavy atom. The lowest BCUT2D eigenvalue weighted by Crippen LogP contribution is -2.19. The van der Waals surface area contributed by atoms with Crippen molar-refractivity contribution in [2.45, 2.75) is 19.5 Å². The topological polar surface area (TPSA) is 51.5 Å². The summed E-state index contributed by atoms with van der Waals surface area (Å²) in [5, 5.41) is 9.18. The van der Waals surface area contributed by atoms with Gasteiger partial charge in [-0.2, -0.15) is 5.26 Å². The molecule has 1 aliphatic rings. The van der Waals surface area contributed by atoms with Gasteiger partial charge in [-0.15, -0.1) is 0 Å². The Hall–Kier alpha value is -3.36. The lowest BCUT2D eigenvalue weighted by Gasteiger charge is -2.28. The zero-order valence-electron chi connectivity index (χ0n) is 14.4. The largest absolute Gasteiger partial charge is 0.487 e. The first-order valence-electron chi connectivity index (χ1n) is 8.51. The summed E-state index contributed by atoms with van der Waals surface area (Å²) >= 11 is 0. The number of ether oxygens (including phenoxy) is 3. The maximum atomic E-state index is 14.0. The second-order valence-electron chi connectivity index (χ2n) is 6.12. The predicted octanol–water partition coefficient (Wildman–Crippen LogP) is 4.88. The van der Waals surface area contributed by atoms with E-state index in [9.17, 15) is 9.65 Å².